The average Bonchev–Trinajstić information content (AvgIpc) is 2.92. The smallest absolute Gasteiger partial charge is 0.278 e. The molecule has 5 heteroatoms. The van der Waals surface area contributed by atoms with Crippen molar-refractivity contribution in [1.82, 2.24) is 10.2 Å². The summed E-state index contributed by atoms with van der Waals surface area (Å²) in [5.41, 5.74) is 2.42. The van der Waals surface area contributed by atoms with Crippen molar-refractivity contribution < 1.29 is 4.79 Å². The Morgan fingerprint density at radius 2 is 1.84 bits per heavy atom. The van der Waals surface area contributed by atoms with Crippen LogP contribution >= 0.6 is 0 Å². The van der Waals surface area contributed by atoms with Crippen LogP contribution in [0.15, 0.2) is 36.4 Å². The maximum atomic E-state index is 12.8. The number of hydrogen-bond donors (Lipinski definition) is 0. The van der Waals surface area contributed by atoms with Gasteiger partial charge in [0, 0.05) is 25.3 Å². The third-order valence-electron chi connectivity index (χ3n) is 4.67. The van der Waals surface area contributed by atoms with Gasteiger partial charge < -0.3 is 9.80 Å². The summed E-state index contributed by atoms with van der Waals surface area (Å²) in [6.07, 6.45) is 4.95. The molecular weight excluding hydrogens is 312 g/mol. The molecule has 0 bridgehead atoms. The number of carbonyl (C=O) groups is 1. The normalized spacial score (nSPS) is 14.9. The van der Waals surface area contributed by atoms with Crippen molar-refractivity contribution in [2.45, 2.75) is 39.5 Å². The highest BCUT2D eigenvalue weighted by Crippen LogP contribution is 2.20. The van der Waals surface area contributed by atoms with Crippen LogP contribution in [0.2, 0.25) is 0 Å². The number of benzene rings is 1. The first-order valence-corrected chi connectivity index (χ1v) is 9.16. The predicted molar refractivity (Wildman–Crippen MR) is 101 cm³/mol. The van der Waals surface area contributed by atoms with Gasteiger partial charge in [0.15, 0.2) is 11.5 Å². The fraction of sp³-hybridized carbons (Fsp3) is 0.450. The third-order valence-corrected chi connectivity index (χ3v) is 4.67. The zero-order valence-electron chi connectivity index (χ0n) is 15.1. The largest absolute Gasteiger partial charge is 0.355 e. The Hall–Kier alpha value is -2.43. The molecule has 1 aromatic heterocycles. The van der Waals surface area contributed by atoms with E-state index >= 15 is 0 Å². The van der Waals surface area contributed by atoms with Gasteiger partial charge in [-0.2, -0.15) is 0 Å². The van der Waals surface area contributed by atoms with Gasteiger partial charge in [-0.3, -0.25) is 4.79 Å². The Labute approximate surface area is 149 Å². The molecule has 0 N–H and O–H groups in total. The Kier molecular flexibility index (Phi) is 5.64. The van der Waals surface area contributed by atoms with E-state index in [0.29, 0.717) is 12.2 Å². The summed E-state index contributed by atoms with van der Waals surface area (Å²) in [6, 6.07) is 11.7. The quantitative estimate of drug-likeness (QED) is 0.850. The molecule has 1 aliphatic heterocycles. The third kappa shape index (κ3) is 4.16. The molecular formula is C20H26N4O. The van der Waals surface area contributed by atoms with Gasteiger partial charge in [0.25, 0.3) is 5.91 Å². The van der Waals surface area contributed by atoms with Crippen molar-refractivity contribution in [1.29, 1.82) is 0 Å². The molecule has 132 valence electrons. The second-order valence-electron chi connectivity index (χ2n) is 6.57. The fourth-order valence-corrected chi connectivity index (χ4v) is 3.29. The molecule has 3 rings (SSSR count). The Bertz CT molecular complexity index is 706. The number of amides is 1. The number of aryl methyl sites for hydroxylation is 1. The maximum Gasteiger partial charge on any atom is 0.278 e. The summed E-state index contributed by atoms with van der Waals surface area (Å²) in [5.74, 6) is 0.764. The van der Waals surface area contributed by atoms with E-state index < -0.39 is 0 Å². The van der Waals surface area contributed by atoms with Crippen LogP contribution in [-0.4, -0.2) is 35.7 Å². The molecule has 0 unspecified atom stereocenters. The first kappa shape index (κ1) is 17.4. The maximum absolute atomic E-state index is 12.8. The lowest BCUT2D eigenvalue weighted by atomic mass is 10.2. The van der Waals surface area contributed by atoms with E-state index in [4.69, 9.17) is 0 Å². The van der Waals surface area contributed by atoms with Crippen LogP contribution in [0.25, 0.3) is 0 Å². The van der Waals surface area contributed by atoms with Gasteiger partial charge in [-0.25, -0.2) is 0 Å². The van der Waals surface area contributed by atoms with E-state index in [1.54, 1.807) is 11.0 Å². The summed E-state index contributed by atoms with van der Waals surface area (Å²) in [6.45, 7) is 6.63. The summed E-state index contributed by atoms with van der Waals surface area (Å²) in [5, 5.41) is 8.54. The molecule has 0 atom stereocenters. The standard InChI is InChI=1S/C20H26N4O/c1-3-24(17-10-8-9-16(2)15-17)20(25)18-11-12-19(22-21-18)23-13-6-4-5-7-14-23/h8-12,15H,3-7,13-14H2,1-2H3. The molecule has 2 aromatic rings. The molecule has 0 aliphatic carbocycles. The van der Waals surface area contributed by atoms with E-state index in [9.17, 15) is 4.79 Å². The average molecular weight is 338 g/mol. The van der Waals surface area contributed by atoms with Crippen molar-refractivity contribution >= 4 is 17.4 Å². The Morgan fingerprint density at radius 3 is 2.44 bits per heavy atom. The molecule has 1 aliphatic rings. The fourth-order valence-electron chi connectivity index (χ4n) is 3.29. The molecule has 0 spiro atoms. The van der Waals surface area contributed by atoms with Crippen molar-refractivity contribution in [3.05, 3.63) is 47.7 Å². The van der Waals surface area contributed by atoms with Crippen LogP contribution in [0.4, 0.5) is 11.5 Å². The predicted octanol–water partition coefficient (Wildman–Crippen LogP) is 3.83. The minimum absolute atomic E-state index is 0.108. The topological polar surface area (TPSA) is 49.3 Å². The van der Waals surface area contributed by atoms with Crippen LogP contribution in [0.5, 0.6) is 0 Å². The van der Waals surface area contributed by atoms with Gasteiger partial charge in [-0.15, -0.1) is 10.2 Å². The molecule has 2 heterocycles. The van der Waals surface area contributed by atoms with E-state index in [-0.39, 0.29) is 5.91 Å². The van der Waals surface area contributed by atoms with E-state index in [1.807, 2.05) is 44.2 Å². The Balaban J connectivity index is 1.77. The van der Waals surface area contributed by atoms with Crippen LogP contribution in [-0.2, 0) is 0 Å². The van der Waals surface area contributed by atoms with Crippen molar-refractivity contribution in [3.63, 3.8) is 0 Å². The number of carbonyl (C=O) groups excluding carboxylic acids is 1. The molecule has 1 aromatic carbocycles. The van der Waals surface area contributed by atoms with Gasteiger partial charge in [-0.05, 0) is 56.5 Å². The molecule has 0 radical (unpaired) electrons. The monoisotopic (exact) mass is 338 g/mol. The zero-order chi connectivity index (χ0) is 17.6. The lowest BCUT2D eigenvalue weighted by Crippen LogP contribution is -2.32. The number of nitrogens with zero attached hydrogens (tertiary/aromatic N) is 4. The minimum atomic E-state index is -0.108. The Morgan fingerprint density at radius 1 is 1.08 bits per heavy atom. The van der Waals surface area contributed by atoms with Crippen molar-refractivity contribution in [2.75, 3.05) is 29.4 Å². The number of anilines is 2. The van der Waals surface area contributed by atoms with Crippen molar-refractivity contribution in [3.8, 4) is 0 Å². The lowest BCUT2D eigenvalue weighted by molar-refractivity contribution is 0.0982. The van der Waals surface area contributed by atoms with Crippen molar-refractivity contribution in [2.24, 2.45) is 0 Å². The SMILES string of the molecule is CCN(C(=O)c1ccc(N2CCCCCC2)nn1)c1cccc(C)c1. The second kappa shape index (κ2) is 8.10. The van der Waals surface area contributed by atoms with E-state index in [2.05, 4.69) is 15.1 Å². The first-order chi connectivity index (χ1) is 12.2. The summed E-state index contributed by atoms with van der Waals surface area (Å²) in [7, 11) is 0. The van der Waals surface area contributed by atoms with Crippen LogP contribution < -0.4 is 9.80 Å². The molecule has 25 heavy (non-hydrogen) atoms. The van der Waals surface area contributed by atoms with Crippen LogP contribution in [0.1, 0.15) is 48.7 Å². The highest BCUT2D eigenvalue weighted by molar-refractivity contribution is 6.04. The molecule has 1 saturated heterocycles. The zero-order valence-corrected chi connectivity index (χ0v) is 15.1. The van der Waals surface area contributed by atoms with Crippen LogP contribution in [0.3, 0.4) is 0 Å². The van der Waals surface area contributed by atoms with E-state index in [1.165, 1.54) is 25.7 Å². The van der Waals surface area contributed by atoms with Crippen LogP contribution in [0, 0.1) is 6.92 Å². The lowest BCUT2D eigenvalue weighted by Gasteiger charge is -2.22. The summed E-state index contributed by atoms with van der Waals surface area (Å²) >= 11 is 0. The first-order valence-electron chi connectivity index (χ1n) is 9.16. The number of aromatic nitrogens is 2. The molecule has 0 saturated carbocycles. The minimum Gasteiger partial charge on any atom is -0.355 e. The highest BCUT2D eigenvalue weighted by atomic mass is 16.2. The van der Waals surface area contributed by atoms with Gasteiger partial charge in [-0.1, -0.05) is 25.0 Å². The molecule has 1 amide bonds. The number of rotatable bonds is 4. The molecule has 5 nitrogen and oxygen atoms in total. The second-order valence-corrected chi connectivity index (χ2v) is 6.57. The number of hydrogen-bond acceptors (Lipinski definition) is 4. The van der Waals surface area contributed by atoms with Gasteiger partial charge in [0.1, 0.15) is 0 Å². The van der Waals surface area contributed by atoms with Gasteiger partial charge in [0.2, 0.25) is 0 Å². The molecule has 1 fully saturated rings. The highest BCUT2D eigenvalue weighted by Gasteiger charge is 2.19. The summed E-state index contributed by atoms with van der Waals surface area (Å²) in [4.78, 5) is 16.8. The van der Waals surface area contributed by atoms with E-state index in [0.717, 1.165) is 30.2 Å². The van der Waals surface area contributed by atoms with Gasteiger partial charge >= 0.3 is 0 Å². The summed E-state index contributed by atoms with van der Waals surface area (Å²) < 4.78 is 0. The van der Waals surface area contributed by atoms with Gasteiger partial charge in [0.05, 0.1) is 0 Å².